The van der Waals surface area contributed by atoms with Crippen molar-refractivity contribution in [2.45, 2.75) is 44.2 Å². The summed E-state index contributed by atoms with van der Waals surface area (Å²) in [5.41, 5.74) is 2.83. The summed E-state index contributed by atoms with van der Waals surface area (Å²) in [6, 6.07) is 6.34. The third-order valence-electron chi connectivity index (χ3n) is 3.77. The third-order valence-corrected chi connectivity index (χ3v) is 3.77. The van der Waals surface area contributed by atoms with Gasteiger partial charge in [0, 0.05) is 11.6 Å². The minimum absolute atomic E-state index is 0.373. The van der Waals surface area contributed by atoms with Crippen molar-refractivity contribution in [3.8, 4) is 5.75 Å². The first-order valence-corrected chi connectivity index (χ1v) is 5.76. The van der Waals surface area contributed by atoms with Crippen molar-refractivity contribution < 1.29 is 5.11 Å². The summed E-state index contributed by atoms with van der Waals surface area (Å²) in [4.78, 5) is 0. The summed E-state index contributed by atoms with van der Waals surface area (Å²) < 4.78 is 0. The van der Waals surface area contributed by atoms with E-state index in [1.54, 1.807) is 6.07 Å². The van der Waals surface area contributed by atoms with Gasteiger partial charge in [-0.1, -0.05) is 12.1 Å². The first-order chi connectivity index (χ1) is 7.18. The predicted octanol–water partition coefficient (Wildman–Crippen LogP) is 2.52. The Bertz CT molecular complexity index is 396. The quantitative estimate of drug-likeness (QED) is 0.774. The van der Waals surface area contributed by atoms with Gasteiger partial charge >= 0.3 is 0 Å². The number of phenols is 1. The highest BCUT2D eigenvalue weighted by Crippen LogP contribution is 2.42. The molecule has 80 valence electrons. The number of hydrogen-bond acceptors (Lipinski definition) is 2. The van der Waals surface area contributed by atoms with Gasteiger partial charge in [-0.3, -0.25) is 0 Å². The van der Waals surface area contributed by atoms with Crippen molar-refractivity contribution in [2.24, 2.45) is 0 Å². The van der Waals surface area contributed by atoms with E-state index in [0.717, 1.165) is 18.4 Å². The highest BCUT2D eigenvalue weighted by molar-refractivity contribution is 5.44. The summed E-state index contributed by atoms with van der Waals surface area (Å²) in [6.07, 6.45) is 4.72. The van der Waals surface area contributed by atoms with E-state index in [-0.39, 0.29) is 0 Å². The van der Waals surface area contributed by atoms with Crippen LogP contribution in [0.5, 0.6) is 5.75 Å². The zero-order valence-electron chi connectivity index (χ0n) is 9.09. The SMILES string of the molecule is CC1(NC2CCc3c(O)cccc32)CC1. The van der Waals surface area contributed by atoms with Gasteiger partial charge in [-0.05, 0) is 49.8 Å². The lowest BCUT2D eigenvalue weighted by atomic mass is 10.1. The van der Waals surface area contributed by atoms with E-state index >= 15 is 0 Å². The highest BCUT2D eigenvalue weighted by atomic mass is 16.3. The number of aromatic hydroxyl groups is 1. The smallest absolute Gasteiger partial charge is 0.119 e. The molecule has 2 N–H and O–H groups in total. The van der Waals surface area contributed by atoms with E-state index in [4.69, 9.17) is 0 Å². The lowest BCUT2D eigenvalue weighted by molar-refractivity contribution is 0.441. The summed E-state index contributed by atoms with van der Waals surface area (Å²) in [7, 11) is 0. The van der Waals surface area contributed by atoms with Gasteiger partial charge < -0.3 is 10.4 Å². The fourth-order valence-electron chi connectivity index (χ4n) is 2.54. The number of fused-ring (bicyclic) bond motifs is 1. The molecule has 0 aliphatic heterocycles. The van der Waals surface area contributed by atoms with E-state index in [0.29, 0.717) is 17.3 Å². The predicted molar refractivity (Wildman–Crippen MR) is 59.9 cm³/mol. The Morgan fingerprint density at radius 3 is 2.93 bits per heavy atom. The van der Waals surface area contributed by atoms with Crippen LogP contribution in [0.2, 0.25) is 0 Å². The first kappa shape index (κ1) is 9.22. The summed E-state index contributed by atoms with van der Waals surface area (Å²) >= 11 is 0. The molecule has 0 spiro atoms. The molecule has 2 heteroatoms. The summed E-state index contributed by atoms with van der Waals surface area (Å²) in [5.74, 6) is 0.470. The van der Waals surface area contributed by atoms with Crippen molar-refractivity contribution in [2.75, 3.05) is 0 Å². The van der Waals surface area contributed by atoms with Crippen LogP contribution in [-0.4, -0.2) is 10.6 Å². The van der Waals surface area contributed by atoms with Crippen LogP contribution in [-0.2, 0) is 6.42 Å². The molecule has 2 aliphatic carbocycles. The standard InChI is InChI=1S/C13H17NO/c1-13(7-8-13)14-11-6-5-10-9(11)3-2-4-12(10)15/h2-4,11,14-15H,5-8H2,1H3. The normalized spacial score (nSPS) is 26.3. The monoisotopic (exact) mass is 203 g/mol. The van der Waals surface area contributed by atoms with Gasteiger partial charge in [0.15, 0.2) is 0 Å². The maximum absolute atomic E-state index is 9.74. The Morgan fingerprint density at radius 1 is 1.40 bits per heavy atom. The Morgan fingerprint density at radius 2 is 2.20 bits per heavy atom. The molecule has 0 heterocycles. The molecule has 1 aromatic rings. The Kier molecular flexibility index (Phi) is 1.84. The molecule has 1 fully saturated rings. The average molecular weight is 203 g/mol. The lowest BCUT2D eigenvalue weighted by Gasteiger charge is -2.19. The Labute approximate surface area is 90.3 Å². The molecule has 1 atom stereocenters. The number of rotatable bonds is 2. The van der Waals surface area contributed by atoms with Gasteiger partial charge in [0.2, 0.25) is 0 Å². The largest absolute Gasteiger partial charge is 0.508 e. The number of hydrogen-bond donors (Lipinski definition) is 2. The zero-order valence-corrected chi connectivity index (χ0v) is 9.09. The van der Waals surface area contributed by atoms with Crippen LogP contribution >= 0.6 is 0 Å². The molecule has 1 aromatic carbocycles. The fourth-order valence-corrected chi connectivity index (χ4v) is 2.54. The Hall–Kier alpha value is -1.02. The first-order valence-electron chi connectivity index (χ1n) is 5.76. The van der Waals surface area contributed by atoms with Crippen molar-refractivity contribution in [1.82, 2.24) is 5.32 Å². The number of benzene rings is 1. The van der Waals surface area contributed by atoms with Gasteiger partial charge in [0.05, 0.1) is 0 Å². The van der Waals surface area contributed by atoms with Crippen LogP contribution in [0.15, 0.2) is 18.2 Å². The molecular formula is C13H17NO. The lowest BCUT2D eigenvalue weighted by Crippen LogP contribution is -2.30. The van der Waals surface area contributed by atoms with Gasteiger partial charge in [-0.2, -0.15) is 0 Å². The van der Waals surface area contributed by atoms with Gasteiger partial charge in [-0.25, -0.2) is 0 Å². The van der Waals surface area contributed by atoms with Crippen LogP contribution < -0.4 is 5.32 Å². The molecule has 2 aliphatic rings. The Balaban J connectivity index is 1.88. The maximum atomic E-state index is 9.74. The minimum Gasteiger partial charge on any atom is -0.508 e. The van der Waals surface area contributed by atoms with Crippen molar-refractivity contribution in [3.63, 3.8) is 0 Å². The highest BCUT2D eigenvalue weighted by Gasteiger charge is 2.40. The van der Waals surface area contributed by atoms with Gasteiger partial charge in [-0.15, -0.1) is 0 Å². The average Bonchev–Trinajstić information content (AvgIpc) is 2.78. The summed E-state index contributed by atoms with van der Waals surface area (Å²) in [5, 5.41) is 13.4. The second-order valence-electron chi connectivity index (χ2n) is 5.14. The second-order valence-corrected chi connectivity index (χ2v) is 5.14. The topological polar surface area (TPSA) is 32.3 Å². The second kappa shape index (κ2) is 2.99. The van der Waals surface area contributed by atoms with Crippen molar-refractivity contribution in [1.29, 1.82) is 0 Å². The van der Waals surface area contributed by atoms with E-state index in [1.165, 1.54) is 18.4 Å². The maximum Gasteiger partial charge on any atom is 0.119 e. The molecule has 15 heavy (non-hydrogen) atoms. The van der Waals surface area contributed by atoms with Gasteiger partial charge in [0.25, 0.3) is 0 Å². The number of nitrogens with one attached hydrogen (secondary N) is 1. The van der Waals surface area contributed by atoms with Crippen LogP contribution in [0, 0.1) is 0 Å². The van der Waals surface area contributed by atoms with E-state index < -0.39 is 0 Å². The van der Waals surface area contributed by atoms with E-state index in [1.807, 2.05) is 6.07 Å². The molecule has 1 unspecified atom stereocenters. The van der Waals surface area contributed by atoms with Crippen molar-refractivity contribution in [3.05, 3.63) is 29.3 Å². The molecule has 0 radical (unpaired) electrons. The molecule has 3 rings (SSSR count). The molecule has 1 saturated carbocycles. The minimum atomic E-state index is 0.373. The molecule has 0 aromatic heterocycles. The van der Waals surface area contributed by atoms with Gasteiger partial charge in [0.1, 0.15) is 5.75 Å². The van der Waals surface area contributed by atoms with Crippen molar-refractivity contribution >= 4 is 0 Å². The number of phenolic OH excluding ortho intramolecular Hbond substituents is 1. The fraction of sp³-hybridized carbons (Fsp3) is 0.538. The summed E-state index contributed by atoms with van der Waals surface area (Å²) in [6.45, 7) is 2.29. The zero-order chi connectivity index (χ0) is 10.5. The molecule has 0 saturated heterocycles. The molecule has 2 nitrogen and oxygen atoms in total. The third kappa shape index (κ3) is 1.53. The van der Waals surface area contributed by atoms with E-state index in [9.17, 15) is 5.11 Å². The van der Waals surface area contributed by atoms with Crippen LogP contribution in [0.4, 0.5) is 0 Å². The molecular weight excluding hydrogens is 186 g/mol. The van der Waals surface area contributed by atoms with E-state index in [2.05, 4.69) is 18.3 Å². The molecule has 0 amide bonds. The molecule has 0 bridgehead atoms. The van der Waals surface area contributed by atoms with Crippen LogP contribution in [0.3, 0.4) is 0 Å². The van der Waals surface area contributed by atoms with Crippen LogP contribution in [0.25, 0.3) is 0 Å². The van der Waals surface area contributed by atoms with Crippen LogP contribution in [0.1, 0.15) is 43.4 Å².